The van der Waals surface area contributed by atoms with E-state index in [9.17, 15) is 0 Å². The third-order valence-electron chi connectivity index (χ3n) is 4.01. The predicted molar refractivity (Wildman–Crippen MR) is 83.3 cm³/mol. The zero-order valence-corrected chi connectivity index (χ0v) is 13.3. The third-order valence-corrected chi connectivity index (χ3v) is 4.78. The summed E-state index contributed by atoms with van der Waals surface area (Å²) in [6.45, 7) is 1.65. The van der Waals surface area contributed by atoms with Gasteiger partial charge in [0.1, 0.15) is 0 Å². The highest BCUT2D eigenvalue weighted by molar-refractivity contribution is 9.10. The van der Waals surface area contributed by atoms with Crippen molar-refractivity contribution in [2.75, 3.05) is 13.6 Å². The maximum Gasteiger partial charge on any atom is 0.0810 e. The first-order chi connectivity index (χ1) is 9.26. The van der Waals surface area contributed by atoms with E-state index < -0.39 is 0 Å². The highest BCUT2D eigenvalue weighted by Crippen LogP contribution is 2.31. The molecule has 0 radical (unpaired) electrons. The van der Waals surface area contributed by atoms with Crippen LogP contribution in [0.3, 0.4) is 0 Å². The molecule has 2 nitrogen and oxygen atoms in total. The molecule has 0 aromatic heterocycles. The number of halogens is 1. The molecule has 0 spiro atoms. The van der Waals surface area contributed by atoms with E-state index in [1.54, 1.807) is 0 Å². The SMILES string of the molecule is CNCC1(OCc2ccccc2Br)CCCCCC1. The fraction of sp³-hybridized carbons (Fsp3) is 0.625. The Balaban J connectivity index is 2.02. The van der Waals surface area contributed by atoms with Crippen LogP contribution in [-0.4, -0.2) is 19.2 Å². The fourth-order valence-electron chi connectivity index (χ4n) is 2.91. The van der Waals surface area contributed by atoms with E-state index in [0.29, 0.717) is 6.61 Å². The second-order valence-electron chi connectivity index (χ2n) is 5.51. The van der Waals surface area contributed by atoms with Crippen molar-refractivity contribution in [3.05, 3.63) is 34.3 Å². The van der Waals surface area contributed by atoms with E-state index >= 15 is 0 Å². The summed E-state index contributed by atoms with van der Waals surface area (Å²) in [6.07, 6.45) is 7.64. The summed E-state index contributed by atoms with van der Waals surface area (Å²) in [5.41, 5.74) is 1.27. The molecule has 1 saturated carbocycles. The Morgan fingerprint density at radius 1 is 1.16 bits per heavy atom. The number of benzene rings is 1. The molecule has 1 aliphatic rings. The number of hydrogen-bond donors (Lipinski definition) is 1. The molecule has 0 aliphatic heterocycles. The van der Waals surface area contributed by atoms with Gasteiger partial charge in [-0.25, -0.2) is 0 Å². The van der Waals surface area contributed by atoms with Crippen LogP contribution in [-0.2, 0) is 11.3 Å². The van der Waals surface area contributed by atoms with Crippen LogP contribution in [0.25, 0.3) is 0 Å². The van der Waals surface area contributed by atoms with Gasteiger partial charge in [-0.15, -0.1) is 0 Å². The Labute approximate surface area is 125 Å². The second kappa shape index (κ2) is 7.41. The molecule has 1 N–H and O–H groups in total. The minimum atomic E-state index is 0.0283. The summed E-state index contributed by atoms with van der Waals surface area (Å²) in [5, 5.41) is 3.32. The predicted octanol–water partition coefficient (Wildman–Crippen LogP) is 4.28. The molecule has 1 aliphatic carbocycles. The molecule has 0 unspecified atom stereocenters. The van der Waals surface area contributed by atoms with Gasteiger partial charge in [0.05, 0.1) is 12.2 Å². The molecule has 1 fully saturated rings. The lowest BCUT2D eigenvalue weighted by Gasteiger charge is -2.33. The van der Waals surface area contributed by atoms with Crippen LogP contribution < -0.4 is 5.32 Å². The second-order valence-corrected chi connectivity index (χ2v) is 6.36. The molecule has 0 heterocycles. The molecular formula is C16H24BrNO. The van der Waals surface area contributed by atoms with E-state index in [4.69, 9.17) is 4.74 Å². The Hall–Kier alpha value is -0.380. The molecular weight excluding hydrogens is 302 g/mol. The van der Waals surface area contributed by atoms with Crippen molar-refractivity contribution < 1.29 is 4.74 Å². The Morgan fingerprint density at radius 2 is 1.84 bits per heavy atom. The van der Waals surface area contributed by atoms with Crippen LogP contribution >= 0.6 is 15.9 Å². The number of ether oxygens (including phenoxy) is 1. The first-order valence-corrected chi connectivity index (χ1v) is 8.07. The van der Waals surface area contributed by atoms with Gasteiger partial charge in [0.15, 0.2) is 0 Å². The molecule has 19 heavy (non-hydrogen) atoms. The molecule has 0 amide bonds. The van der Waals surface area contributed by atoms with Crippen molar-refractivity contribution in [1.82, 2.24) is 5.32 Å². The third kappa shape index (κ3) is 4.30. The van der Waals surface area contributed by atoms with Gasteiger partial charge in [-0.05, 0) is 31.5 Å². The quantitative estimate of drug-likeness (QED) is 0.816. The van der Waals surface area contributed by atoms with E-state index in [1.165, 1.54) is 44.1 Å². The van der Waals surface area contributed by atoms with Crippen LogP contribution in [0.15, 0.2) is 28.7 Å². The lowest BCUT2D eigenvalue weighted by molar-refractivity contribution is -0.0647. The highest BCUT2D eigenvalue weighted by Gasteiger charge is 2.31. The van der Waals surface area contributed by atoms with Gasteiger partial charge in [0.25, 0.3) is 0 Å². The molecule has 3 heteroatoms. The Bertz CT molecular complexity index is 386. The topological polar surface area (TPSA) is 21.3 Å². The summed E-state index contributed by atoms with van der Waals surface area (Å²) in [4.78, 5) is 0. The largest absolute Gasteiger partial charge is 0.369 e. The Morgan fingerprint density at radius 3 is 2.47 bits per heavy atom. The standard InChI is InChI=1S/C16H24BrNO/c1-18-13-16(10-6-2-3-7-11-16)19-12-14-8-4-5-9-15(14)17/h4-5,8-9,18H,2-3,6-7,10-13H2,1H3. The van der Waals surface area contributed by atoms with Crippen molar-refractivity contribution in [1.29, 1.82) is 0 Å². The lowest BCUT2D eigenvalue weighted by atomic mass is 9.94. The average Bonchev–Trinajstić information content (AvgIpc) is 2.65. The highest BCUT2D eigenvalue weighted by atomic mass is 79.9. The van der Waals surface area contributed by atoms with Gasteiger partial charge in [0.2, 0.25) is 0 Å². The van der Waals surface area contributed by atoms with Gasteiger partial charge in [0, 0.05) is 11.0 Å². The summed E-state index contributed by atoms with van der Waals surface area (Å²) in [7, 11) is 2.02. The number of likely N-dealkylation sites (N-methyl/N-ethyl adjacent to an activating group) is 1. The van der Waals surface area contributed by atoms with E-state index in [-0.39, 0.29) is 5.60 Å². The van der Waals surface area contributed by atoms with Crippen molar-refractivity contribution in [3.63, 3.8) is 0 Å². The molecule has 0 bridgehead atoms. The maximum atomic E-state index is 6.37. The van der Waals surface area contributed by atoms with Gasteiger partial charge in [-0.1, -0.05) is 59.8 Å². The summed E-state index contributed by atoms with van der Waals surface area (Å²) in [6, 6.07) is 8.33. The number of rotatable bonds is 5. The van der Waals surface area contributed by atoms with Gasteiger partial charge < -0.3 is 10.1 Å². The van der Waals surface area contributed by atoms with Crippen molar-refractivity contribution >= 4 is 15.9 Å². The van der Waals surface area contributed by atoms with Crippen LogP contribution in [0.4, 0.5) is 0 Å². The van der Waals surface area contributed by atoms with E-state index in [2.05, 4.69) is 39.4 Å². The molecule has 2 rings (SSSR count). The van der Waals surface area contributed by atoms with Crippen molar-refractivity contribution in [3.8, 4) is 0 Å². The summed E-state index contributed by atoms with van der Waals surface area (Å²) >= 11 is 3.60. The number of hydrogen-bond acceptors (Lipinski definition) is 2. The molecule has 0 saturated heterocycles. The molecule has 106 valence electrons. The zero-order chi connectivity index (χ0) is 13.6. The lowest BCUT2D eigenvalue weighted by Crippen LogP contribution is -2.41. The minimum Gasteiger partial charge on any atom is -0.369 e. The molecule has 1 aromatic carbocycles. The fourth-order valence-corrected chi connectivity index (χ4v) is 3.31. The van der Waals surface area contributed by atoms with Gasteiger partial charge in [-0.3, -0.25) is 0 Å². The molecule has 0 atom stereocenters. The summed E-state index contributed by atoms with van der Waals surface area (Å²) in [5.74, 6) is 0. The van der Waals surface area contributed by atoms with Crippen LogP contribution in [0.1, 0.15) is 44.1 Å². The van der Waals surface area contributed by atoms with E-state index in [0.717, 1.165) is 11.0 Å². The monoisotopic (exact) mass is 325 g/mol. The van der Waals surface area contributed by atoms with Crippen LogP contribution in [0, 0.1) is 0 Å². The zero-order valence-electron chi connectivity index (χ0n) is 11.8. The minimum absolute atomic E-state index is 0.0283. The van der Waals surface area contributed by atoms with Gasteiger partial charge in [-0.2, -0.15) is 0 Å². The first kappa shape index (κ1) is 15.0. The molecule has 1 aromatic rings. The van der Waals surface area contributed by atoms with Crippen molar-refractivity contribution in [2.45, 2.75) is 50.7 Å². The smallest absolute Gasteiger partial charge is 0.0810 e. The van der Waals surface area contributed by atoms with Crippen molar-refractivity contribution in [2.24, 2.45) is 0 Å². The maximum absolute atomic E-state index is 6.37. The van der Waals surface area contributed by atoms with E-state index in [1.807, 2.05) is 13.1 Å². The van der Waals surface area contributed by atoms with Crippen LogP contribution in [0.2, 0.25) is 0 Å². The van der Waals surface area contributed by atoms with Crippen LogP contribution in [0.5, 0.6) is 0 Å². The first-order valence-electron chi connectivity index (χ1n) is 7.28. The summed E-state index contributed by atoms with van der Waals surface area (Å²) < 4.78 is 7.51. The normalized spacial score (nSPS) is 19.1. The average molecular weight is 326 g/mol. The Kier molecular flexibility index (Phi) is 5.86. The number of nitrogens with one attached hydrogen (secondary N) is 1. The van der Waals surface area contributed by atoms with Gasteiger partial charge >= 0.3 is 0 Å².